The van der Waals surface area contributed by atoms with Crippen LogP contribution in [0.5, 0.6) is 11.6 Å². The van der Waals surface area contributed by atoms with Gasteiger partial charge in [0.15, 0.2) is 11.4 Å². The molecule has 1 aliphatic carbocycles. The second-order valence-electron chi connectivity index (χ2n) is 8.93. The molecule has 0 fully saturated rings. The number of hydrogen-bond acceptors (Lipinski definition) is 5. The van der Waals surface area contributed by atoms with Crippen LogP contribution in [0.15, 0.2) is 24.4 Å². The van der Waals surface area contributed by atoms with Gasteiger partial charge in [-0.1, -0.05) is 25.7 Å². The van der Waals surface area contributed by atoms with E-state index in [1.54, 1.807) is 0 Å². The fraction of sp³-hybridized carbons (Fsp3) is 0.409. The Hall–Kier alpha value is -2.22. The van der Waals surface area contributed by atoms with Crippen LogP contribution in [0.25, 0.3) is 11.0 Å². The molecule has 1 aliphatic rings. The number of Topliss-reactive ketones (excluding diaryl/α,β-unsaturated/α-hetero) is 1. The normalized spacial score (nSPS) is 13.8. The van der Waals surface area contributed by atoms with E-state index in [0.29, 0.717) is 36.0 Å². The first kappa shape index (κ1) is 21.0. The van der Waals surface area contributed by atoms with Gasteiger partial charge < -0.3 is 14.0 Å². The molecule has 0 spiro atoms. The zero-order valence-corrected chi connectivity index (χ0v) is 19.5. The zero-order valence-electron chi connectivity index (χ0n) is 17.8. The van der Waals surface area contributed by atoms with Crippen molar-refractivity contribution < 1.29 is 14.3 Å². The molecular formula is C22H26ClN3O3Si. The number of ether oxygens (including phenoxy) is 2. The van der Waals surface area contributed by atoms with E-state index in [1.807, 2.05) is 35.9 Å². The molecule has 0 saturated heterocycles. The lowest BCUT2D eigenvalue weighted by Gasteiger charge is -2.15. The second-order valence-corrected chi connectivity index (χ2v) is 14.9. The largest absolute Gasteiger partial charge is 0.437 e. The Labute approximate surface area is 182 Å². The van der Waals surface area contributed by atoms with Gasteiger partial charge in [0, 0.05) is 27.3 Å². The van der Waals surface area contributed by atoms with Gasteiger partial charge >= 0.3 is 0 Å². The van der Waals surface area contributed by atoms with Crippen molar-refractivity contribution in [1.82, 2.24) is 14.5 Å². The summed E-state index contributed by atoms with van der Waals surface area (Å²) >= 11 is 6.19. The number of aromatic nitrogens is 3. The fourth-order valence-electron chi connectivity index (χ4n) is 3.65. The van der Waals surface area contributed by atoms with Crippen LogP contribution in [-0.2, 0) is 17.9 Å². The summed E-state index contributed by atoms with van der Waals surface area (Å²) in [5.41, 5.74) is 3.47. The maximum atomic E-state index is 12.4. The molecule has 0 saturated carbocycles. The van der Waals surface area contributed by atoms with Gasteiger partial charge in [0.05, 0.1) is 10.9 Å². The van der Waals surface area contributed by atoms with Crippen molar-refractivity contribution in [3.05, 3.63) is 46.4 Å². The second kappa shape index (κ2) is 8.13. The number of rotatable bonds is 7. The monoisotopic (exact) mass is 443 g/mol. The summed E-state index contributed by atoms with van der Waals surface area (Å²) < 4.78 is 13.9. The van der Waals surface area contributed by atoms with E-state index in [1.165, 1.54) is 0 Å². The number of nitrogens with zero attached hydrogens (tertiary/aromatic N) is 3. The third-order valence-corrected chi connectivity index (χ3v) is 7.25. The molecule has 0 radical (unpaired) electrons. The highest BCUT2D eigenvalue weighted by molar-refractivity contribution is 6.76. The van der Waals surface area contributed by atoms with E-state index in [9.17, 15) is 4.79 Å². The molecule has 0 atom stereocenters. The Morgan fingerprint density at radius 1 is 1.17 bits per heavy atom. The number of carbonyl (C=O) groups excluding carboxylic acids is 1. The first-order valence-corrected chi connectivity index (χ1v) is 14.2. The maximum absolute atomic E-state index is 12.4. The van der Waals surface area contributed by atoms with Crippen LogP contribution in [0.4, 0.5) is 0 Å². The molecule has 0 bridgehead atoms. The van der Waals surface area contributed by atoms with Gasteiger partial charge in [0.25, 0.3) is 0 Å². The summed E-state index contributed by atoms with van der Waals surface area (Å²) in [5, 5.41) is 0.822. The average molecular weight is 444 g/mol. The summed E-state index contributed by atoms with van der Waals surface area (Å²) in [6.45, 7) is 10.1. The van der Waals surface area contributed by atoms with Crippen LogP contribution in [0, 0.1) is 6.92 Å². The zero-order chi connectivity index (χ0) is 21.5. The lowest BCUT2D eigenvalue weighted by atomic mass is 10.0. The molecule has 6 nitrogen and oxygen atoms in total. The van der Waals surface area contributed by atoms with Gasteiger partial charge in [-0.2, -0.15) is 9.97 Å². The number of fused-ring (bicyclic) bond motifs is 2. The van der Waals surface area contributed by atoms with Crippen LogP contribution in [0.2, 0.25) is 31.0 Å². The van der Waals surface area contributed by atoms with Crippen LogP contribution in [0.1, 0.15) is 27.9 Å². The Kier molecular flexibility index (Phi) is 5.70. The number of carbonyl (C=O) groups is 1. The van der Waals surface area contributed by atoms with E-state index < -0.39 is 8.07 Å². The van der Waals surface area contributed by atoms with Crippen molar-refractivity contribution >= 4 is 36.5 Å². The summed E-state index contributed by atoms with van der Waals surface area (Å²) in [6.07, 6.45) is 3.16. The topological polar surface area (TPSA) is 66.2 Å². The average Bonchev–Trinajstić information content (AvgIpc) is 3.25. The number of benzene rings is 1. The molecule has 158 valence electrons. The predicted octanol–water partition coefficient (Wildman–Crippen LogP) is 5.63. The molecule has 0 amide bonds. The van der Waals surface area contributed by atoms with Crippen molar-refractivity contribution in [1.29, 1.82) is 0 Å². The Balaban J connectivity index is 1.61. The quantitative estimate of drug-likeness (QED) is 0.269. The highest BCUT2D eigenvalue weighted by Gasteiger charge is 2.26. The molecule has 0 unspecified atom stereocenters. The van der Waals surface area contributed by atoms with Crippen molar-refractivity contribution in [3.8, 4) is 11.6 Å². The van der Waals surface area contributed by atoms with E-state index in [0.717, 1.165) is 35.6 Å². The highest BCUT2D eigenvalue weighted by Crippen LogP contribution is 2.37. The van der Waals surface area contributed by atoms with Crippen molar-refractivity contribution in [2.45, 2.75) is 52.2 Å². The standard InChI is InChI=1S/C22H26ClN3O3Si/c1-14-5-8-18(19-15(14)6-7-17(19)27)29-21-16-9-10-26(20(16)24-22(23)25-21)13-28-11-12-30(2,3)4/h5,8-10H,6-7,11-13H2,1-4H3. The molecule has 8 heteroatoms. The fourth-order valence-corrected chi connectivity index (χ4v) is 4.56. The molecule has 3 aromatic rings. The molecule has 2 heterocycles. The maximum Gasteiger partial charge on any atom is 0.233 e. The van der Waals surface area contributed by atoms with Crippen LogP contribution < -0.4 is 4.74 Å². The SMILES string of the molecule is Cc1ccc(Oc2nc(Cl)nc3c2ccn3COCC[Si](C)(C)C)c2c1CCC2=O. The van der Waals surface area contributed by atoms with Gasteiger partial charge in [-0.15, -0.1) is 0 Å². The van der Waals surface area contributed by atoms with Crippen LogP contribution in [0.3, 0.4) is 0 Å². The third kappa shape index (κ3) is 4.28. The first-order valence-electron chi connectivity index (χ1n) is 10.2. The van der Waals surface area contributed by atoms with Gasteiger partial charge in [-0.3, -0.25) is 4.79 Å². The lowest BCUT2D eigenvalue weighted by molar-refractivity contribution is 0.0898. The Bertz CT molecular complexity index is 1120. The number of halogens is 1. The minimum atomic E-state index is -1.14. The third-order valence-electron chi connectivity index (χ3n) is 5.38. The molecule has 30 heavy (non-hydrogen) atoms. The van der Waals surface area contributed by atoms with Gasteiger partial charge in [-0.25, -0.2) is 0 Å². The van der Waals surface area contributed by atoms with Gasteiger partial charge in [0.1, 0.15) is 12.5 Å². The van der Waals surface area contributed by atoms with E-state index in [2.05, 4.69) is 29.6 Å². The number of ketones is 1. The molecule has 4 rings (SSSR count). The molecule has 2 aromatic heterocycles. The smallest absolute Gasteiger partial charge is 0.233 e. The minimum Gasteiger partial charge on any atom is -0.437 e. The number of aryl methyl sites for hydroxylation is 1. The van der Waals surface area contributed by atoms with E-state index >= 15 is 0 Å². The lowest BCUT2D eigenvalue weighted by Crippen LogP contribution is -2.22. The molecular weight excluding hydrogens is 418 g/mol. The van der Waals surface area contributed by atoms with Gasteiger partial charge in [0.2, 0.25) is 11.2 Å². The van der Waals surface area contributed by atoms with Gasteiger partial charge in [-0.05, 0) is 54.2 Å². The number of hydrogen-bond donors (Lipinski definition) is 0. The van der Waals surface area contributed by atoms with Crippen LogP contribution >= 0.6 is 11.6 Å². The van der Waals surface area contributed by atoms with Crippen molar-refractivity contribution in [2.75, 3.05) is 6.61 Å². The predicted molar refractivity (Wildman–Crippen MR) is 121 cm³/mol. The summed E-state index contributed by atoms with van der Waals surface area (Å²) in [5.74, 6) is 0.971. The summed E-state index contributed by atoms with van der Waals surface area (Å²) in [6, 6.07) is 6.79. The van der Waals surface area contributed by atoms with E-state index in [4.69, 9.17) is 21.1 Å². The summed E-state index contributed by atoms with van der Waals surface area (Å²) in [4.78, 5) is 21.1. The van der Waals surface area contributed by atoms with E-state index in [-0.39, 0.29) is 11.1 Å². The molecule has 0 aliphatic heterocycles. The highest BCUT2D eigenvalue weighted by atomic mass is 35.5. The molecule has 0 N–H and O–H groups in total. The first-order chi connectivity index (χ1) is 14.2. The van der Waals surface area contributed by atoms with Crippen LogP contribution in [-0.4, -0.2) is 35.0 Å². The summed E-state index contributed by atoms with van der Waals surface area (Å²) in [7, 11) is -1.14. The Morgan fingerprint density at radius 3 is 2.73 bits per heavy atom. The Morgan fingerprint density at radius 2 is 1.97 bits per heavy atom. The molecule has 1 aromatic carbocycles. The van der Waals surface area contributed by atoms with Crippen molar-refractivity contribution in [2.24, 2.45) is 0 Å². The minimum absolute atomic E-state index is 0.0923. The van der Waals surface area contributed by atoms with Crippen molar-refractivity contribution in [3.63, 3.8) is 0 Å².